The van der Waals surface area contributed by atoms with Crippen LogP contribution in [-0.2, 0) is 25.4 Å². The molecule has 2 aromatic carbocycles. The topological polar surface area (TPSA) is 119 Å². The van der Waals surface area contributed by atoms with Gasteiger partial charge in [-0.05, 0) is 36.8 Å². The number of nitrogens with zero attached hydrogens (tertiary/aromatic N) is 2. The van der Waals surface area contributed by atoms with Gasteiger partial charge < -0.3 is 25.0 Å². The van der Waals surface area contributed by atoms with Crippen LogP contribution in [0.3, 0.4) is 0 Å². The normalized spacial score (nSPS) is 13.5. The Bertz CT molecular complexity index is 1380. The highest BCUT2D eigenvalue weighted by atomic mass is 19.4. The van der Waals surface area contributed by atoms with Crippen molar-refractivity contribution in [3.63, 3.8) is 0 Å². The minimum absolute atomic E-state index is 0.0446. The number of benzene rings is 2. The maximum absolute atomic E-state index is 14.1. The molecule has 188 valence electrons. The zero-order valence-electron chi connectivity index (χ0n) is 19.2. The van der Waals surface area contributed by atoms with E-state index in [-0.39, 0.29) is 30.3 Å². The molecule has 0 radical (unpaired) electrons. The zero-order chi connectivity index (χ0) is 25.5. The van der Waals surface area contributed by atoms with Crippen molar-refractivity contribution >= 4 is 0 Å². The molecular weight excluding hydrogens is 475 g/mol. The fourth-order valence-electron chi connectivity index (χ4n) is 4.53. The second kappa shape index (κ2) is 9.20. The summed E-state index contributed by atoms with van der Waals surface area (Å²) < 4.78 is 53.1. The molecule has 1 aliphatic carbocycles. The first-order valence-electron chi connectivity index (χ1n) is 11.5. The van der Waals surface area contributed by atoms with Gasteiger partial charge >= 0.3 is 6.18 Å². The van der Waals surface area contributed by atoms with Crippen LogP contribution in [0.5, 0.6) is 0 Å². The summed E-state index contributed by atoms with van der Waals surface area (Å²) in [4.78, 5) is 0. The fourth-order valence-corrected chi connectivity index (χ4v) is 4.53. The predicted molar refractivity (Wildman–Crippen MR) is 125 cm³/mol. The lowest BCUT2D eigenvalue weighted by Crippen LogP contribution is -2.47. The molecular formula is C26H24F3N3O4. The van der Waals surface area contributed by atoms with Gasteiger partial charge in [-0.2, -0.15) is 13.2 Å². The molecule has 0 amide bonds. The molecule has 0 unspecified atom stereocenters. The van der Waals surface area contributed by atoms with Gasteiger partial charge in [-0.3, -0.25) is 0 Å². The van der Waals surface area contributed by atoms with Crippen LogP contribution in [0.2, 0.25) is 0 Å². The summed E-state index contributed by atoms with van der Waals surface area (Å²) in [6, 6.07) is 13.7. The Hall–Kier alpha value is -3.47. The molecule has 0 bridgehead atoms. The maximum atomic E-state index is 14.1. The van der Waals surface area contributed by atoms with Gasteiger partial charge in [0.2, 0.25) is 0 Å². The van der Waals surface area contributed by atoms with Gasteiger partial charge in [-0.25, -0.2) is 0 Å². The monoisotopic (exact) mass is 499 g/mol. The number of halogens is 3. The summed E-state index contributed by atoms with van der Waals surface area (Å²) >= 11 is 0. The third kappa shape index (κ3) is 4.32. The summed E-state index contributed by atoms with van der Waals surface area (Å²) in [6.07, 6.45) is -2.78. The minimum Gasteiger partial charge on any atom is -0.394 e. The standard InChI is InChI=1S/C26H24F3N3O4/c27-26(28,29)20-22(32-35-23(20)16-4-2-1-3-5-16)24-19-9-7-17-12-15(10-11-25(30,13-33)14-34)6-8-18(17)21(19)31-36-24/h1-6,8,12,33-34H,7,9-11,13-14,30H2. The molecule has 2 aromatic heterocycles. The van der Waals surface area contributed by atoms with E-state index in [0.29, 0.717) is 36.9 Å². The van der Waals surface area contributed by atoms with Crippen molar-refractivity contribution < 1.29 is 32.4 Å². The number of alkyl halides is 3. The molecule has 7 nitrogen and oxygen atoms in total. The van der Waals surface area contributed by atoms with Crippen molar-refractivity contribution in [1.82, 2.24) is 10.3 Å². The molecule has 1 aliphatic rings. The van der Waals surface area contributed by atoms with E-state index < -0.39 is 23.0 Å². The number of aromatic nitrogens is 2. The van der Waals surface area contributed by atoms with Crippen LogP contribution in [0.15, 0.2) is 57.6 Å². The first-order chi connectivity index (χ1) is 17.2. The molecule has 0 saturated heterocycles. The fraction of sp³-hybridized carbons (Fsp3) is 0.308. The first kappa shape index (κ1) is 24.2. The average Bonchev–Trinajstić information content (AvgIpc) is 3.52. The number of hydrogen-bond acceptors (Lipinski definition) is 7. The van der Waals surface area contributed by atoms with Crippen LogP contribution in [0.1, 0.15) is 28.7 Å². The summed E-state index contributed by atoms with van der Waals surface area (Å²) in [5, 5.41) is 26.7. The zero-order valence-corrected chi connectivity index (χ0v) is 19.2. The van der Waals surface area contributed by atoms with Gasteiger partial charge in [0.25, 0.3) is 0 Å². The van der Waals surface area contributed by atoms with Crippen LogP contribution in [0.25, 0.3) is 34.0 Å². The van der Waals surface area contributed by atoms with Crippen molar-refractivity contribution in [2.75, 3.05) is 13.2 Å². The summed E-state index contributed by atoms with van der Waals surface area (Å²) in [5.41, 5.74) is 7.53. The first-order valence-corrected chi connectivity index (χ1v) is 11.5. The van der Waals surface area contributed by atoms with E-state index in [1.807, 2.05) is 18.2 Å². The van der Waals surface area contributed by atoms with Crippen LogP contribution in [0, 0.1) is 0 Å². The molecule has 5 rings (SSSR count). The van der Waals surface area contributed by atoms with Gasteiger partial charge in [0.05, 0.1) is 18.8 Å². The van der Waals surface area contributed by atoms with Crippen molar-refractivity contribution in [3.8, 4) is 34.0 Å². The van der Waals surface area contributed by atoms with Gasteiger partial charge in [-0.1, -0.05) is 58.8 Å². The largest absolute Gasteiger partial charge is 0.422 e. The second-order valence-electron chi connectivity index (χ2n) is 9.11. The lowest BCUT2D eigenvalue weighted by molar-refractivity contribution is -0.136. The molecule has 4 aromatic rings. The maximum Gasteiger partial charge on any atom is 0.422 e. The number of aryl methyl sites for hydroxylation is 2. The molecule has 0 fully saturated rings. The van der Waals surface area contributed by atoms with Crippen molar-refractivity contribution in [2.24, 2.45) is 5.73 Å². The van der Waals surface area contributed by atoms with Gasteiger partial charge in [-0.15, -0.1) is 0 Å². The molecule has 0 saturated carbocycles. The smallest absolute Gasteiger partial charge is 0.394 e. The molecule has 0 atom stereocenters. The van der Waals surface area contributed by atoms with Crippen LogP contribution in [0.4, 0.5) is 13.2 Å². The van der Waals surface area contributed by atoms with E-state index in [2.05, 4.69) is 10.3 Å². The second-order valence-corrected chi connectivity index (χ2v) is 9.11. The van der Waals surface area contributed by atoms with E-state index >= 15 is 0 Å². The Morgan fingerprint density at radius 1 is 0.889 bits per heavy atom. The quantitative estimate of drug-likeness (QED) is 0.345. The number of aliphatic hydroxyl groups excluding tert-OH is 2. The van der Waals surface area contributed by atoms with E-state index in [1.54, 1.807) is 18.2 Å². The third-order valence-electron chi connectivity index (χ3n) is 6.63. The molecule has 2 heterocycles. The van der Waals surface area contributed by atoms with Gasteiger partial charge in [0.1, 0.15) is 11.3 Å². The van der Waals surface area contributed by atoms with Crippen LogP contribution in [-0.4, -0.2) is 39.3 Å². The molecule has 4 N–H and O–H groups in total. The predicted octanol–water partition coefficient (Wildman–Crippen LogP) is 4.40. The highest BCUT2D eigenvalue weighted by Crippen LogP contribution is 2.46. The Labute approximate surface area is 204 Å². The number of rotatable bonds is 7. The molecule has 36 heavy (non-hydrogen) atoms. The van der Waals surface area contributed by atoms with Crippen LogP contribution < -0.4 is 5.73 Å². The average molecular weight is 499 g/mol. The summed E-state index contributed by atoms with van der Waals surface area (Å²) in [7, 11) is 0. The number of aliphatic hydroxyl groups is 2. The Morgan fingerprint density at radius 2 is 1.58 bits per heavy atom. The van der Waals surface area contributed by atoms with Gasteiger partial charge in [0.15, 0.2) is 17.2 Å². The highest BCUT2D eigenvalue weighted by molar-refractivity contribution is 5.79. The number of fused-ring (bicyclic) bond motifs is 3. The van der Waals surface area contributed by atoms with Crippen molar-refractivity contribution in [3.05, 3.63) is 70.8 Å². The molecule has 10 heteroatoms. The van der Waals surface area contributed by atoms with Gasteiger partial charge in [0, 0.05) is 16.7 Å². The summed E-state index contributed by atoms with van der Waals surface area (Å²) in [6.45, 7) is -0.652. The highest BCUT2D eigenvalue weighted by Gasteiger charge is 2.43. The lowest BCUT2D eigenvalue weighted by Gasteiger charge is -2.24. The van der Waals surface area contributed by atoms with E-state index in [9.17, 15) is 23.4 Å². The lowest BCUT2D eigenvalue weighted by atomic mass is 9.86. The van der Waals surface area contributed by atoms with Crippen LogP contribution >= 0.6 is 0 Å². The summed E-state index contributed by atoms with van der Waals surface area (Å²) in [5.74, 6) is -0.414. The number of hydrogen-bond donors (Lipinski definition) is 3. The van der Waals surface area contributed by atoms with Crippen molar-refractivity contribution in [2.45, 2.75) is 37.4 Å². The number of nitrogens with two attached hydrogens (primary N) is 1. The Balaban J connectivity index is 1.50. The van der Waals surface area contributed by atoms with Crippen molar-refractivity contribution in [1.29, 1.82) is 0 Å². The molecule has 0 spiro atoms. The minimum atomic E-state index is -4.72. The van der Waals surface area contributed by atoms with E-state index in [1.165, 1.54) is 12.1 Å². The van der Waals surface area contributed by atoms with E-state index in [0.717, 1.165) is 16.7 Å². The Kier molecular flexibility index (Phi) is 6.19. The third-order valence-corrected chi connectivity index (χ3v) is 6.63. The molecule has 0 aliphatic heterocycles. The Morgan fingerprint density at radius 3 is 2.28 bits per heavy atom. The SMILES string of the molecule is NC(CO)(CO)CCc1ccc2c(c1)CCc1c-2noc1-c1noc(-c2ccccc2)c1C(F)(F)F. The van der Waals surface area contributed by atoms with E-state index in [4.69, 9.17) is 14.8 Å².